The summed E-state index contributed by atoms with van der Waals surface area (Å²) in [5.74, 6) is -3.76. The number of aromatic hydroxyl groups is 1. The molecule has 3 aromatic heterocycles. The van der Waals surface area contributed by atoms with E-state index in [1.165, 1.54) is 6.08 Å². The highest BCUT2D eigenvalue weighted by atomic mass is 32.2. The smallest absolute Gasteiger partial charge is 0.502 e. The van der Waals surface area contributed by atoms with Crippen molar-refractivity contribution in [2.75, 3.05) is 13.2 Å². The summed E-state index contributed by atoms with van der Waals surface area (Å²) in [5, 5.41) is 25.7. The van der Waals surface area contributed by atoms with E-state index in [-0.39, 0.29) is 36.9 Å². The summed E-state index contributed by atoms with van der Waals surface area (Å²) in [6.07, 6.45) is 6.71. The molecule has 1 saturated heterocycles. The van der Waals surface area contributed by atoms with Crippen molar-refractivity contribution in [3.8, 4) is 11.5 Å². The molecule has 4 heterocycles. The van der Waals surface area contributed by atoms with Crippen LogP contribution in [0.4, 0.5) is 13.2 Å². The van der Waals surface area contributed by atoms with Crippen LogP contribution in [0, 0.1) is 0 Å². The number of ether oxygens (including phenoxy) is 3. The number of carbonyl (C=O) groups excluding carboxylic acids is 1. The lowest BCUT2D eigenvalue weighted by molar-refractivity contribution is -0.171. The first-order chi connectivity index (χ1) is 23.5. The van der Waals surface area contributed by atoms with E-state index in [0.717, 1.165) is 49.6 Å². The summed E-state index contributed by atoms with van der Waals surface area (Å²) >= 11 is 0. The van der Waals surface area contributed by atoms with Gasteiger partial charge in [0.15, 0.2) is 17.5 Å². The van der Waals surface area contributed by atoms with Crippen molar-refractivity contribution in [2.45, 2.75) is 51.2 Å². The Hall–Kier alpha value is -5.25. The number of hydrogen-bond acceptors (Lipinski definition) is 16. The minimum absolute atomic E-state index is 0.000861. The molecule has 0 aliphatic carbocycles. The van der Waals surface area contributed by atoms with Crippen LogP contribution in [0.25, 0.3) is 6.08 Å². The molecule has 21 heteroatoms. The fourth-order valence-corrected chi connectivity index (χ4v) is 3.74. The normalized spacial score (nSPS) is 14.5. The van der Waals surface area contributed by atoms with Crippen molar-refractivity contribution in [3.05, 3.63) is 96.6 Å². The number of carboxylic acid groups (broad SMARTS) is 1. The van der Waals surface area contributed by atoms with E-state index in [9.17, 15) is 45.6 Å². The van der Waals surface area contributed by atoms with E-state index >= 15 is 0 Å². The molecule has 1 aliphatic heterocycles. The Morgan fingerprint density at radius 3 is 2.20 bits per heavy atom. The van der Waals surface area contributed by atoms with Crippen LogP contribution in [0.15, 0.2) is 70.7 Å². The van der Waals surface area contributed by atoms with Gasteiger partial charge in [-0.05, 0) is 32.3 Å². The molecule has 4 rings (SSSR count). The van der Waals surface area contributed by atoms with Crippen molar-refractivity contribution < 1.29 is 78.1 Å². The van der Waals surface area contributed by atoms with Crippen molar-refractivity contribution in [2.24, 2.45) is 0 Å². The first kappa shape index (κ1) is 40.9. The van der Waals surface area contributed by atoms with Crippen LogP contribution in [0.2, 0.25) is 0 Å². The number of alkyl halides is 3. The van der Waals surface area contributed by atoms with E-state index in [0.29, 0.717) is 19.3 Å². The Morgan fingerprint density at radius 1 is 0.980 bits per heavy atom. The third-order valence-electron chi connectivity index (χ3n) is 5.66. The summed E-state index contributed by atoms with van der Waals surface area (Å²) in [7, 11) is -5.93. The summed E-state index contributed by atoms with van der Waals surface area (Å²) < 4.78 is 91.3. The summed E-state index contributed by atoms with van der Waals surface area (Å²) in [6.45, 7) is 1.95. The van der Waals surface area contributed by atoms with Crippen LogP contribution >= 0.6 is 0 Å². The molecule has 1 unspecified atom stereocenters. The van der Waals surface area contributed by atoms with E-state index < -0.39 is 67.4 Å². The number of aliphatic hydroxyl groups excluding tert-OH is 1. The highest BCUT2D eigenvalue weighted by Gasteiger charge is 2.49. The van der Waals surface area contributed by atoms with Gasteiger partial charge in [0.05, 0.1) is 12.2 Å². The van der Waals surface area contributed by atoms with E-state index in [1.54, 1.807) is 6.92 Å². The molecule has 3 aromatic rings. The van der Waals surface area contributed by atoms with Gasteiger partial charge in [0.25, 0.3) is 0 Å². The van der Waals surface area contributed by atoms with Crippen LogP contribution in [0.5, 0.6) is 11.5 Å². The average Bonchev–Trinajstić information content (AvgIpc) is 3.06. The maximum atomic E-state index is 12.2. The molecule has 1 aliphatic rings. The zero-order valence-electron chi connectivity index (χ0n) is 25.7. The number of carboxylic acids is 1. The first-order valence-corrected chi connectivity index (χ1v) is 15.4. The number of hydrogen-bond donors (Lipinski definition) is 3. The molecule has 0 radical (unpaired) electrons. The van der Waals surface area contributed by atoms with Gasteiger partial charge in [-0.15, -0.1) is 0 Å². The third kappa shape index (κ3) is 13.3. The molecule has 0 bridgehead atoms. The minimum Gasteiger partial charge on any atom is -0.502 e. The minimum atomic E-state index is -5.93. The molecule has 274 valence electrons. The quantitative estimate of drug-likeness (QED) is 0.117. The molecule has 1 atom stereocenters. The predicted octanol–water partition coefficient (Wildman–Crippen LogP) is 2.66. The molecule has 0 saturated carbocycles. The zero-order chi connectivity index (χ0) is 37.5. The van der Waals surface area contributed by atoms with Crippen LogP contribution < -0.4 is 20.5 Å². The number of aromatic carboxylic acids is 1. The van der Waals surface area contributed by atoms with E-state index in [1.807, 2.05) is 0 Å². The number of esters is 1. The van der Waals surface area contributed by atoms with Gasteiger partial charge in [-0.2, -0.15) is 21.6 Å². The van der Waals surface area contributed by atoms with Gasteiger partial charge < -0.3 is 47.0 Å². The van der Waals surface area contributed by atoms with Gasteiger partial charge in [0.1, 0.15) is 43.5 Å². The van der Waals surface area contributed by atoms with Crippen LogP contribution in [-0.4, -0.2) is 60.7 Å². The van der Waals surface area contributed by atoms with Crippen LogP contribution in [0.1, 0.15) is 53.8 Å². The largest absolute Gasteiger partial charge is 0.534 e. The number of aliphatic hydroxyl groups is 1. The Bertz CT molecular complexity index is 1900. The Kier molecular flexibility index (Phi) is 15.6. The molecule has 1 fully saturated rings. The van der Waals surface area contributed by atoms with Crippen LogP contribution in [0.3, 0.4) is 0 Å². The Labute approximate surface area is 278 Å². The maximum Gasteiger partial charge on any atom is 0.534 e. The second-order valence-electron chi connectivity index (χ2n) is 9.37. The number of rotatable bonds is 10. The van der Waals surface area contributed by atoms with Gasteiger partial charge in [-0.3, -0.25) is 14.4 Å². The Balaban J connectivity index is 0.000000281. The highest BCUT2D eigenvalue weighted by Crippen LogP contribution is 2.25. The first-order valence-electron chi connectivity index (χ1n) is 14.0. The monoisotopic (exact) mass is 738 g/mol. The highest BCUT2D eigenvalue weighted by molar-refractivity contribution is 7.88. The third-order valence-corrected chi connectivity index (χ3v) is 6.63. The van der Waals surface area contributed by atoms with Gasteiger partial charge in [-0.25, -0.2) is 9.59 Å². The standard InChI is InChI=1S/C12H13F3O7S.C11H10O6.C6H6O4/c13-12(14,15)23(17,18)22-10-7-20-8(5-9(10)16)6-21-11-3-1-2-4-19-11;1-2-16-10(13)4-3-7-6-17-9(11(14)15)5-8(7)12;7-2-4-1-5(8)6(9)3-10-4/h5,7,11H,1-4,6H2;3-6H,2H2,1H3,(H,14,15);1,3,7,9H,2H2/b;4-3+;. The van der Waals surface area contributed by atoms with Crippen molar-refractivity contribution in [3.63, 3.8) is 0 Å². The molecular weight excluding hydrogens is 709 g/mol. The van der Waals surface area contributed by atoms with E-state index in [4.69, 9.17) is 33.6 Å². The maximum absolute atomic E-state index is 12.2. The SMILES string of the molecule is CCOC(=O)/C=C/c1coc(C(=O)O)cc1=O.O=c1cc(CO)occ1O.O=c1cc(COC2CCCCO2)occ1OS(=O)(=O)C(F)(F)F. The molecular formula is C29H29F3O17S. The van der Waals surface area contributed by atoms with Crippen LogP contribution in [-0.2, 0) is 42.3 Å². The summed E-state index contributed by atoms with van der Waals surface area (Å²) in [5.41, 5.74) is -7.74. The predicted molar refractivity (Wildman–Crippen MR) is 159 cm³/mol. The van der Waals surface area contributed by atoms with Gasteiger partial charge >= 0.3 is 27.6 Å². The molecule has 17 nitrogen and oxygen atoms in total. The fraction of sp³-hybridized carbons (Fsp3) is 0.345. The molecule has 50 heavy (non-hydrogen) atoms. The van der Waals surface area contributed by atoms with Gasteiger partial charge in [0, 0.05) is 30.9 Å². The lowest BCUT2D eigenvalue weighted by atomic mass is 10.2. The molecule has 3 N–H and O–H groups in total. The fourth-order valence-electron chi connectivity index (χ4n) is 3.29. The number of halogens is 3. The second kappa shape index (κ2) is 19.1. The topological polar surface area (TPSA) is 257 Å². The lowest BCUT2D eigenvalue weighted by Gasteiger charge is -2.22. The molecule has 0 aromatic carbocycles. The summed E-state index contributed by atoms with van der Waals surface area (Å²) in [4.78, 5) is 55.0. The van der Waals surface area contributed by atoms with Crippen molar-refractivity contribution in [1.82, 2.24) is 0 Å². The number of carbonyl (C=O) groups is 2. The van der Waals surface area contributed by atoms with Gasteiger partial charge in [-0.1, -0.05) is 0 Å². The van der Waals surface area contributed by atoms with E-state index in [2.05, 4.69) is 13.3 Å². The van der Waals surface area contributed by atoms with Gasteiger partial charge in [0.2, 0.25) is 22.4 Å². The lowest BCUT2D eigenvalue weighted by Crippen LogP contribution is -2.29. The van der Waals surface area contributed by atoms with Crippen molar-refractivity contribution in [1.29, 1.82) is 0 Å². The molecule has 0 amide bonds. The zero-order valence-corrected chi connectivity index (χ0v) is 26.6. The second-order valence-corrected chi connectivity index (χ2v) is 10.9. The van der Waals surface area contributed by atoms with Crippen molar-refractivity contribution >= 4 is 28.1 Å². The average molecular weight is 739 g/mol. The summed E-state index contributed by atoms with van der Waals surface area (Å²) in [6, 6.07) is 2.67. The molecule has 0 spiro atoms. The Morgan fingerprint density at radius 2 is 1.66 bits per heavy atom.